The monoisotopic (exact) mass is 570 g/mol. The van der Waals surface area contributed by atoms with Crippen molar-refractivity contribution in [1.29, 1.82) is 0 Å². The van der Waals surface area contributed by atoms with Gasteiger partial charge in [-0.05, 0) is 87.6 Å². The zero-order chi connectivity index (χ0) is 30.5. The van der Waals surface area contributed by atoms with Crippen LogP contribution in [0.25, 0.3) is 32.8 Å². The predicted molar refractivity (Wildman–Crippen MR) is 180 cm³/mol. The van der Waals surface area contributed by atoms with Crippen molar-refractivity contribution < 1.29 is 9.30 Å². The van der Waals surface area contributed by atoms with E-state index in [4.69, 9.17) is 4.74 Å². The minimum absolute atomic E-state index is 0.0623. The van der Waals surface area contributed by atoms with Gasteiger partial charge in [-0.1, -0.05) is 98.7 Å². The zero-order valence-corrected chi connectivity index (χ0v) is 27.7. The maximum absolute atomic E-state index is 7.47. The van der Waals surface area contributed by atoms with Gasteiger partial charge in [-0.15, -0.1) is 4.57 Å². The van der Waals surface area contributed by atoms with E-state index in [9.17, 15) is 0 Å². The third-order valence-electron chi connectivity index (χ3n) is 11.0. The summed E-state index contributed by atoms with van der Waals surface area (Å²) in [6.07, 6.45) is 11.6. The standard InChI is InChI=1S/C41H48NO/c1-10-25(11-2)29-22-34(26(12-3)13-4)43-41(24-29)33-21-27-16-14-15-17-31(27)37-36(33)38-35-28(18-19-42(38)41)20-30(39(5,6)7)23-32(35)40(37,8)9/h14-26H,10-13H2,1-9H3/q+1. The van der Waals surface area contributed by atoms with Gasteiger partial charge in [0.1, 0.15) is 5.76 Å². The lowest BCUT2D eigenvalue weighted by molar-refractivity contribution is -0.767. The van der Waals surface area contributed by atoms with Gasteiger partial charge in [0.25, 0.3) is 0 Å². The Balaban J connectivity index is 1.66. The van der Waals surface area contributed by atoms with E-state index in [1.165, 1.54) is 60.6 Å². The molecule has 3 heterocycles. The number of ether oxygens (including phenoxy) is 1. The maximum Gasteiger partial charge on any atom is 0.360 e. The number of hydrogen-bond acceptors (Lipinski definition) is 1. The summed E-state index contributed by atoms with van der Waals surface area (Å²) in [5.74, 6) is 2.05. The molecule has 0 saturated heterocycles. The number of rotatable bonds is 6. The van der Waals surface area contributed by atoms with E-state index in [1.54, 1.807) is 0 Å². The Labute approximate surface area is 258 Å². The van der Waals surface area contributed by atoms with Crippen molar-refractivity contribution in [2.75, 3.05) is 0 Å². The Morgan fingerprint density at radius 2 is 1.51 bits per heavy atom. The molecule has 3 aliphatic rings. The molecule has 43 heavy (non-hydrogen) atoms. The highest BCUT2D eigenvalue weighted by Crippen LogP contribution is 2.58. The van der Waals surface area contributed by atoms with Crippen LogP contribution in [0.15, 0.2) is 78.2 Å². The first-order valence-corrected chi connectivity index (χ1v) is 16.7. The molecule has 2 aliphatic heterocycles. The van der Waals surface area contributed by atoms with Crippen LogP contribution in [-0.2, 0) is 21.3 Å². The second-order valence-corrected chi connectivity index (χ2v) is 14.8. The first kappa shape index (κ1) is 28.4. The molecule has 0 bridgehead atoms. The average molecular weight is 571 g/mol. The van der Waals surface area contributed by atoms with Crippen molar-refractivity contribution in [3.05, 3.63) is 100 Å². The normalized spacial score (nSPS) is 19.9. The lowest BCUT2D eigenvalue weighted by Gasteiger charge is -2.35. The summed E-state index contributed by atoms with van der Waals surface area (Å²) in [6.45, 7) is 21.2. The molecule has 1 aliphatic carbocycles. The highest BCUT2D eigenvalue weighted by atomic mass is 16.5. The molecule has 1 atom stereocenters. The summed E-state index contributed by atoms with van der Waals surface area (Å²) < 4.78 is 9.98. The summed E-state index contributed by atoms with van der Waals surface area (Å²) in [7, 11) is 0. The van der Waals surface area contributed by atoms with Gasteiger partial charge in [-0.3, -0.25) is 0 Å². The maximum atomic E-state index is 7.47. The molecule has 1 spiro atoms. The fourth-order valence-corrected chi connectivity index (χ4v) is 8.46. The Bertz CT molecular complexity index is 1850. The van der Waals surface area contributed by atoms with Crippen molar-refractivity contribution in [3.63, 3.8) is 0 Å². The highest BCUT2D eigenvalue weighted by molar-refractivity contribution is 6.07. The molecule has 7 rings (SSSR count). The lowest BCUT2D eigenvalue weighted by atomic mass is 9.66. The Hall–Kier alpha value is -3.39. The average Bonchev–Trinajstić information content (AvgIpc) is 3.23. The van der Waals surface area contributed by atoms with Gasteiger partial charge in [-0.25, -0.2) is 0 Å². The van der Waals surface area contributed by atoms with Crippen LogP contribution >= 0.6 is 0 Å². The minimum atomic E-state index is -0.706. The molecule has 0 N–H and O–H groups in total. The SMILES string of the molecule is CCC(CC)C1=CC2(OC(C(CC)CC)=C1)c1cc3ccccc3c3c1-c1c4c(cc(C(C)(C)C)cc4cc[n+]12)C3(C)C. The molecule has 2 heteroatoms. The Morgan fingerprint density at radius 3 is 2.19 bits per heavy atom. The number of pyridine rings is 1. The smallest absolute Gasteiger partial charge is 0.360 e. The number of nitrogens with zero attached hydrogens (tertiary/aromatic N) is 1. The van der Waals surface area contributed by atoms with Gasteiger partial charge in [-0.2, -0.15) is 0 Å². The first-order chi connectivity index (χ1) is 20.5. The molecule has 0 amide bonds. The van der Waals surface area contributed by atoms with Crippen molar-refractivity contribution in [2.24, 2.45) is 11.8 Å². The number of allylic oxidation sites excluding steroid dienone is 3. The van der Waals surface area contributed by atoms with Gasteiger partial charge in [0.2, 0.25) is 5.69 Å². The second-order valence-electron chi connectivity index (χ2n) is 14.8. The summed E-state index contributed by atoms with van der Waals surface area (Å²) in [5.41, 5.74) is 8.90. The number of hydrogen-bond donors (Lipinski definition) is 0. The van der Waals surface area contributed by atoms with E-state index in [1.807, 2.05) is 0 Å². The minimum Gasteiger partial charge on any atom is -0.429 e. The molecule has 1 unspecified atom stereocenters. The molecule has 222 valence electrons. The van der Waals surface area contributed by atoms with E-state index in [0.29, 0.717) is 11.8 Å². The summed E-state index contributed by atoms with van der Waals surface area (Å²) in [6, 6.07) is 18.8. The van der Waals surface area contributed by atoms with Crippen LogP contribution in [0.5, 0.6) is 0 Å². The molecule has 4 aromatic rings. The van der Waals surface area contributed by atoms with Crippen LogP contribution in [0, 0.1) is 11.8 Å². The largest absolute Gasteiger partial charge is 0.429 e. The first-order valence-electron chi connectivity index (χ1n) is 16.7. The second kappa shape index (κ2) is 9.55. The van der Waals surface area contributed by atoms with E-state index in [-0.39, 0.29) is 10.8 Å². The summed E-state index contributed by atoms with van der Waals surface area (Å²) in [5, 5.41) is 5.37. The Kier molecular flexibility index (Phi) is 6.31. The molecule has 2 nitrogen and oxygen atoms in total. The van der Waals surface area contributed by atoms with Crippen LogP contribution in [0.1, 0.15) is 110 Å². The fourth-order valence-electron chi connectivity index (χ4n) is 8.46. The number of benzene rings is 3. The lowest BCUT2D eigenvalue weighted by Crippen LogP contribution is -2.56. The molecule has 0 radical (unpaired) electrons. The molecule has 0 saturated carbocycles. The van der Waals surface area contributed by atoms with Gasteiger partial charge < -0.3 is 4.74 Å². The third-order valence-corrected chi connectivity index (χ3v) is 11.0. The quantitative estimate of drug-likeness (QED) is 0.210. The van der Waals surface area contributed by atoms with Crippen molar-refractivity contribution in [3.8, 4) is 11.3 Å². The summed E-state index contributed by atoms with van der Waals surface area (Å²) >= 11 is 0. The van der Waals surface area contributed by atoms with E-state index >= 15 is 0 Å². The van der Waals surface area contributed by atoms with Gasteiger partial charge >= 0.3 is 5.72 Å². The zero-order valence-electron chi connectivity index (χ0n) is 27.7. The van der Waals surface area contributed by atoms with Crippen LogP contribution in [0.4, 0.5) is 0 Å². The number of fused-ring (bicyclic) bond motifs is 4. The molecule has 3 aromatic carbocycles. The highest BCUT2D eigenvalue weighted by Gasteiger charge is 2.59. The predicted octanol–water partition coefficient (Wildman–Crippen LogP) is 10.6. The van der Waals surface area contributed by atoms with E-state index in [0.717, 1.165) is 31.4 Å². The van der Waals surface area contributed by atoms with Gasteiger partial charge in [0.05, 0.1) is 16.5 Å². The van der Waals surface area contributed by atoms with Gasteiger partial charge in [0.15, 0.2) is 6.20 Å². The van der Waals surface area contributed by atoms with Gasteiger partial charge in [0, 0.05) is 23.5 Å². The topological polar surface area (TPSA) is 13.1 Å². The third kappa shape index (κ3) is 3.81. The van der Waals surface area contributed by atoms with Crippen LogP contribution in [-0.4, -0.2) is 0 Å². The molecule has 1 aromatic heterocycles. The van der Waals surface area contributed by atoms with Crippen molar-refractivity contribution in [1.82, 2.24) is 0 Å². The number of aromatic nitrogens is 1. The molecular weight excluding hydrogens is 522 g/mol. The van der Waals surface area contributed by atoms with Crippen molar-refractivity contribution in [2.45, 2.75) is 105 Å². The van der Waals surface area contributed by atoms with E-state index in [2.05, 4.69) is 134 Å². The molecule has 0 fully saturated rings. The van der Waals surface area contributed by atoms with Crippen LogP contribution < -0.4 is 4.57 Å². The molecular formula is C41H48NO+. The van der Waals surface area contributed by atoms with Crippen LogP contribution in [0.3, 0.4) is 0 Å². The summed E-state index contributed by atoms with van der Waals surface area (Å²) in [4.78, 5) is 0. The van der Waals surface area contributed by atoms with Crippen LogP contribution in [0.2, 0.25) is 0 Å². The fraction of sp³-hybridized carbons (Fsp3) is 0.439. The van der Waals surface area contributed by atoms with Crippen molar-refractivity contribution >= 4 is 21.5 Å². The van der Waals surface area contributed by atoms with E-state index < -0.39 is 5.72 Å². The Morgan fingerprint density at radius 1 is 0.814 bits per heavy atom.